The molecule has 0 heterocycles. The topological polar surface area (TPSA) is 52.6 Å². The van der Waals surface area contributed by atoms with Crippen LogP contribution in [0.5, 0.6) is 11.5 Å². The van der Waals surface area contributed by atoms with Gasteiger partial charge >= 0.3 is 5.97 Å². The minimum atomic E-state index is -0.492. The first-order valence-electron chi connectivity index (χ1n) is 8.92. The molecule has 3 rings (SSSR count). The third-order valence-electron chi connectivity index (χ3n) is 4.25. The van der Waals surface area contributed by atoms with Crippen molar-refractivity contribution in [3.8, 4) is 11.5 Å². The summed E-state index contributed by atoms with van der Waals surface area (Å²) in [5.41, 5.74) is 2.89. The Kier molecular flexibility index (Phi) is 6.62. The standard InChI is InChI=1S/C24H19BrO4/c1-16-7-11-18(12-8-16)21(26)13-9-17-10-14-22(23(15-17)28-2)29-24(27)19-5-3-4-6-20(19)25/h3-15H,1-2H3/b13-9+. The molecule has 29 heavy (non-hydrogen) atoms. The highest BCUT2D eigenvalue weighted by Crippen LogP contribution is 2.30. The number of hydrogen-bond acceptors (Lipinski definition) is 4. The molecule has 0 bridgehead atoms. The predicted molar refractivity (Wildman–Crippen MR) is 117 cm³/mol. The lowest BCUT2D eigenvalue weighted by atomic mass is 10.1. The van der Waals surface area contributed by atoms with Crippen LogP contribution in [0, 0.1) is 6.92 Å². The Morgan fingerprint density at radius 2 is 1.66 bits per heavy atom. The maximum absolute atomic E-state index is 12.4. The van der Waals surface area contributed by atoms with E-state index in [0.717, 1.165) is 11.1 Å². The van der Waals surface area contributed by atoms with E-state index in [1.807, 2.05) is 25.1 Å². The fraction of sp³-hybridized carbons (Fsp3) is 0.0833. The molecular formula is C24H19BrO4. The second kappa shape index (κ2) is 9.34. The van der Waals surface area contributed by atoms with Gasteiger partial charge in [0.2, 0.25) is 0 Å². The number of carbonyl (C=O) groups excluding carboxylic acids is 2. The van der Waals surface area contributed by atoms with Gasteiger partial charge < -0.3 is 9.47 Å². The van der Waals surface area contributed by atoms with Gasteiger partial charge in [0.05, 0.1) is 12.7 Å². The number of allylic oxidation sites excluding steroid dienone is 1. The lowest BCUT2D eigenvalue weighted by Crippen LogP contribution is -2.10. The summed E-state index contributed by atoms with van der Waals surface area (Å²) in [5.74, 6) is 0.118. The van der Waals surface area contributed by atoms with Gasteiger partial charge in [-0.3, -0.25) is 4.79 Å². The molecular weight excluding hydrogens is 432 g/mol. The second-order valence-electron chi connectivity index (χ2n) is 6.34. The van der Waals surface area contributed by atoms with Gasteiger partial charge in [-0.2, -0.15) is 0 Å². The number of rotatable bonds is 6. The van der Waals surface area contributed by atoms with Gasteiger partial charge in [0.25, 0.3) is 0 Å². The number of carbonyl (C=O) groups is 2. The average molecular weight is 451 g/mol. The highest BCUT2D eigenvalue weighted by atomic mass is 79.9. The largest absolute Gasteiger partial charge is 0.493 e. The lowest BCUT2D eigenvalue weighted by molar-refractivity contribution is 0.0728. The van der Waals surface area contributed by atoms with Gasteiger partial charge in [-0.25, -0.2) is 4.79 Å². The van der Waals surface area contributed by atoms with Crippen molar-refractivity contribution in [1.29, 1.82) is 0 Å². The van der Waals surface area contributed by atoms with E-state index in [0.29, 0.717) is 27.1 Å². The van der Waals surface area contributed by atoms with Crippen LogP contribution in [0.3, 0.4) is 0 Å². The molecule has 0 aliphatic heterocycles. The summed E-state index contributed by atoms with van der Waals surface area (Å²) >= 11 is 3.34. The van der Waals surface area contributed by atoms with Gasteiger partial charge in [-0.05, 0) is 58.8 Å². The van der Waals surface area contributed by atoms with E-state index in [-0.39, 0.29) is 5.78 Å². The summed E-state index contributed by atoms with van der Waals surface area (Å²) in [4.78, 5) is 24.7. The lowest BCUT2D eigenvalue weighted by Gasteiger charge is -2.10. The number of ketones is 1. The van der Waals surface area contributed by atoms with Crippen molar-refractivity contribution in [3.05, 3.63) is 99.5 Å². The van der Waals surface area contributed by atoms with E-state index in [9.17, 15) is 9.59 Å². The van der Waals surface area contributed by atoms with Crippen LogP contribution < -0.4 is 9.47 Å². The van der Waals surface area contributed by atoms with Crippen LogP contribution in [0.2, 0.25) is 0 Å². The molecule has 0 N–H and O–H groups in total. The monoisotopic (exact) mass is 450 g/mol. The predicted octanol–water partition coefficient (Wildman–Crippen LogP) is 5.88. The zero-order chi connectivity index (χ0) is 20.8. The molecule has 146 valence electrons. The summed E-state index contributed by atoms with van der Waals surface area (Å²) in [6, 6.07) is 19.5. The Labute approximate surface area is 177 Å². The van der Waals surface area contributed by atoms with Crippen LogP contribution in [0.15, 0.2) is 77.3 Å². The second-order valence-corrected chi connectivity index (χ2v) is 7.20. The van der Waals surface area contributed by atoms with Crippen molar-refractivity contribution in [2.45, 2.75) is 6.92 Å². The fourth-order valence-electron chi connectivity index (χ4n) is 2.64. The molecule has 0 atom stereocenters. The zero-order valence-corrected chi connectivity index (χ0v) is 17.6. The normalized spacial score (nSPS) is 10.7. The number of halogens is 1. The number of hydrogen-bond donors (Lipinski definition) is 0. The van der Waals surface area contributed by atoms with E-state index >= 15 is 0 Å². The quantitative estimate of drug-likeness (QED) is 0.203. The number of benzene rings is 3. The zero-order valence-electron chi connectivity index (χ0n) is 16.0. The van der Waals surface area contributed by atoms with Crippen LogP contribution in [0.1, 0.15) is 31.8 Å². The summed E-state index contributed by atoms with van der Waals surface area (Å²) in [5, 5.41) is 0. The average Bonchev–Trinajstić information content (AvgIpc) is 2.73. The van der Waals surface area contributed by atoms with Gasteiger partial charge in [-0.1, -0.05) is 54.1 Å². The molecule has 0 saturated carbocycles. The molecule has 0 spiro atoms. The Balaban J connectivity index is 1.76. The molecule has 0 saturated heterocycles. The molecule has 4 nitrogen and oxygen atoms in total. The van der Waals surface area contributed by atoms with Crippen LogP contribution in [0.25, 0.3) is 6.08 Å². The maximum atomic E-state index is 12.4. The van der Waals surface area contributed by atoms with Gasteiger partial charge in [0, 0.05) is 10.0 Å². The van der Waals surface area contributed by atoms with Crippen molar-refractivity contribution in [2.75, 3.05) is 7.11 Å². The summed E-state index contributed by atoms with van der Waals surface area (Å²) in [6.45, 7) is 1.97. The maximum Gasteiger partial charge on any atom is 0.344 e. The van der Waals surface area contributed by atoms with E-state index in [1.54, 1.807) is 54.6 Å². The molecule has 0 amide bonds. The number of ether oxygens (including phenoxy) is 2. The minimum absolute atomic E-state index is 0.0894. The smallest absolute Gasteiger partial charge is 0.344 e. The molecule has 0 aliphatic rings. The van der Waals surface area contributed by atoms with Crippen LogP contribution >= 0.6 is 15.9 Å². The van der Waals surface area contributed by atoms with Crippen molar-refractivity contribution in [3.63, 3.8) is 0 Å². The highest BCUT2D eigenvalue weighted by Gasteiger charge is 2.15. The highest BCUT2D eigenvalue weighted by molar-refractivity contribution is 9.10. The molecule has 3 aromatic carbocycles. The van der Waals surface area contributed by atoms with Gasteiger partial charge in [0.1, 0.15) is 0 Å². The van der Waals surface area contributed by atoms with Gasteiger partial charge in [0.15, 0.2) is 17.3 Å². The number of aryl methyl sites for hydroxylation is 1. The van der Waals surface area contributed by atoms with Crippen molar-refractivity contribution >= 4 is 33.8 Å². The van der Waals surface area contributed by atoms with Crippen LogP contribution in [-0.4, -0.2) is 18.9 Å². The van der Waals surface area contributed by atoms with Crippen molar-refractivity contribution in [2.24, 2.45) is 0 Å². The Bertz CT molecular complexity index is 1070. The SMILES string of the molecule is COc1cc(/C=C/C(=O)c2ccc(C)cc2)ccc1OC(=O)c1ccccc1Br. The number of methoxy groups -OCH3 is 1. The van der Waals surface area contributed by atoms with E-state index in [1.165, 1.54) is 13.2 Å². The molecule has 5 heteroatoms. The fourth-order valence-corrected chi connectivity index (χ4v) is 3.09. The summed E-state index contributed by atoms with van der Waals surface area (Å²) in [7, 11) is 1.50. The summed E-state index contributed by atoms with van der Waals surface area (Å²) < 4.78 is 11.5. The molecule has 0 aromatic heterocycles. The Morgan fingerprint density at radius 1 is 0.931 bits per heavy atom. The van der Waals surface area contributed by atoms with E-state index < -0.39 is 5.97 Å². The molecule has 0 aliphatic carbocycles. The summed E-state index contributed by atoms with van der Waals surface area (Å²) in [6.07, 6.45) is 3.20. The minimum Gasteiger partial charge on any atom is -0.493 e. The third-order valence-corrected chi connectivity index (χ3v) is 4.94. The molecule has 0 radical (unpaired) electrons. The first-order chi connectivity index (χ1) is 14.0. The number of esters is 1. The van der Waals surface area contributed by atoms with Crippen LogP contribution in [-0.2, 0) is 0 Å². The van der Waals surface area contributed by atoms with Crippen molar-refractivity contribution in [1.82, 2.24) is 0 Å². The van der Waals surface area contributed by atoms with E-state index in [2.05, 4.69) is 15.9 Å². The first kappa shape index (κ1) is 20.6. The third kappa shape index (κ3) is 5.21. The first-order valence-corrected chi connectivity index (χ1v) is 9.71. The van der Waals surface area contributed by atoms with Crippen LogP contribution in [0.4, 0.5) is 0 Å². The Hall–Kier alpha value is -3.18. The molecule has 0 unspecified atom stereocenters. The molecule has 0 fully saturated rings. The van der Waals surface area contributed by atoms with Gasteiger partial charge in [-0.15, -0.1) is 0 Å². The van der Waals surface area contributed by atoms with Crippen molar-refractivity contribution < 1.29 is 19.1 Å². The Morgan fingerprint density at radius 3 is 2.34 bits per heavy atom. The molecule has 3 aromatic rings. The van der Waals surface area contributed by atoms with E-state index in [4.69, 9.17) is 9.47 Å².